The first-order valence-electron chi connectivity index (χ1n) is 7.17. The van der Waals surface area contributed by atoms with Crippen molar-refractivity contribution in [2.24, 2.45) is 5.92 Å². The summed E-state index contributed by atoms with van der Waals surface area (Å²) < 4.78 is 5.39. The molecule has 19 heavy (non-hydrogen) atoms. The summed E-state index contributed by atoms with van der Waals surface area (Å²) in [5.74, 6) is 2.06. The van der Waals surface area contributed by atoms with Crippen LogP contribution in [0.2, 0.25) is 0 Å². The second-order valence-electron chi connectivity index (χ2n) is 5.44. The minimum Gasteiger partial charge on any atom is -0.466 e. The molecule has 0 saturated carbocycles. The molecule has 106 valence electrons. The van der Waals surface area contributed by atoms with E-state index in [-0.39, 0.29) is 5.91 Å². The van der Waals surface area contributed by atoms with Crippen LogP contribution in [0.5, 0.6) is 0 Å². The fraction of sp³-hybridized carbons (Fsp3) is 0.667. The van der Waals surface area contributed by atoms with E-state index in [1.165, 1.54) is 19.4 Å². The molecule has 1 aliphatic heterocycles. The number of carbonyl (C=O) groups excluding carboxylic acids is 1. The van der Waals surface area contributed by atoms with Crippen LogP contribution in [-0.4, -0.2) is 37.0 Å². The SMILES string of the molecule is CCN1CCC[C@@H](CNC(=O)c2cc(C)oc2C)C1. The van der Waals surface area contributed by atoms with Crippen LogP contribution in [0.1, 0.15) is 41.6 Å². The molecular weight excluding hydrogens is 240 g/mol. The summed E-state index contributed by atoms with van der Waals surface area (Å²) in [4.78, 5) is 14.5. The van der Waals surface area contributed by atoms with Crippen LogP contribution in [0.15, 0.2) is 10.5 Å². The molecule has 1 aliphatic rings. The molecule has 1 saturated heterocycles. The van der Waals surface area contributed by atoms with Gasteiger partial charge in [0.25, 0.3) is 5.91 Å². The zero-order valence-corrected chi connectivity index (χ0v) is 12.2. The number of hydrogen-bond donors (Lipinski definition) is 1. The highest BCUT2D eigenvalue weighted by atomic mass is 16.3. The average molecular weight is 264 g/mol. The number of likely N-dealkylation sites (tertiary alicyclic amines) is 1. The molecule has 1 N–H and O–H groups in total. The quantitative estimate of drug-likeness (QED) is 0.908. The van der Waals surface area contributed by atoms with Crippen LogP contribution in [0.25, 0.3) is 0 Å². The number of nitrogens with zero attached hydrogens (tertiary/aromatic N) is 1. The normalized spacial score (nSPS) is 20.5. The van der Waals surface area contributed by atoms with Gasteiger partial charge in [-0.3, -0.25) is 4.79 Å². The summed E-state index contributed by atoms with van der Waals surface area (Å²) in [5, 5.41) is 3.04. The third-order valence-corrected chi connectivity index (χ3v) is 3.89. The summed E-state index contributed by atoms with van der Waals surface area (Å²) in [5.41, 5.74) is 0.667. The van der Waals surface area contributed by atoms with Gasteiger partial charge in [0.15, 0.2) is 0 Å². The summed E-state index contributed by atoms with van der Waals surface area (Å²) in [6.07, 6.45) is 2.44. The lowest BCUT2D eigenvalue weighted by molar-refractivity contribution is 0.0932. The molecule has 0 spiro atoms. The second kappa shape index (κ2) is 6.24. The third kappa shape index (κ3) is 3.60. The van der Waals surface area contributed by atoms with Gasteiger partial charge in [-0.15, -0.1) is 0 Å². The van der Waals surface area contributed by atoms with Crippen molar-refractivity contribution in [1.82, 2.24) is 10.2 Å². The number of rotatable bonds is 4. The highest BCUT2D eigenvalue weighted by molar-refractivity contribution is 5.95. The van der Waals surface area contributed by atoms with Crippen LogP contribution in [0.3, 0.4) is 0 Å². The first-order valence-corrected chi connectivity index (χ1v) is 7.17. The highest BCUT2D eigenvalue weighted by Crippen LogP contribution is 2.16. The van der Waals surface area contributed by atoms with E-state index in [4.69, 9.17) is 4.42 Å². The Bertz CT molecular complexity index is 439. The van der Waals surface area contributed by atoms with E-state index in [1.54, 1.807) is 0 Å². The number of carbonyl (C=O) groups is 1. The fourth-order valence-electron chi connectivity index (χ4n) is 2.79. The first kappa shape index (κ1) is 14.1. The molecular formula is C15H24N2O2. The molecule has 0 aromatic carbocycles. The number of hydrogen-bond acceptors (Lipinski definition) is 3. The Morgan fingerprint density at radius 3 is 2.95 bits per heavy atom. The van der Waals surface area contributed by atoms with Crippen molar-refractivity contribution in [3.8, 4) is 0 Å². The average Bonchev–Trinajstić information content (AvgIpc) is 2.75. The Morgan fingerprint density at radius 1 is 1.53 bits per heavy atom. The van der Waals surface area contributed by atoms with E-state index in [2.05, 4.69) is 17.1 Å². The van der Waals surface area contributed by atoms with E-state index in [9.17, 15) is 4.79 Å². The first-order chi connectivity index (χ1) is 9.10. The molecule has 2 heterocycles. The fourth-order valence-corrected chi connectivity index (χ4v) is 2.79. The molecule has 0 radical (unpaired) electrons. The number of aryl methyl sites for hydroxylation is 2. The van der Waals surface area contributed by atoms with Gasteiger partial charge in [-0.05, 0) is 51.8 Å². The Kier molecular flexibility index (Phi) is 4.64. The maximum absolute atomic E-state index is 12.1. The molecule has 1 fully saturated rings. The Morgan fingerprint density at radius 2 is 2.32 bits per heavy atom. The van der Waals surface area contributed by atoms with Gasteiger partial charge in [0.1, 0.15) is 11.5 Å². The summed E-state index contributed by atoms with van der Waals surface area (Å²) in [7, 11) is 0. The van der Waals surface area contributed by atoms with Crippen molar-refractivity contribution in [3.63, 3.8) is 0 Å². The zero-order chi connectivity index (χ0) is 13.8. The predicted octanol–water partition coefficient (Wildman–Crippen LogP) is 2.36. The standard InChI is InChI=1S/C15H24N2O2/c1-4-17-7-5-6-13(10-17)9-16-15(18)14-8-11(2)19-12(14)3/h8,13H,4-7,9-10H2,1-3H3,(H,16,18)/t13-/m0/s1. The Balaban J connectivity index is 1.85. The lowest BCUT2D eigenvalue weighted by Crippen LogP contribution is -2.40. The summed E-state index contributed by atoms with van der Waals surface area (Å²) in [6.45, 7) is 10.1. The van der Waals surface area contributed by atoms with Gasteiger partial charge >= 0.3 is 0 Å². The van der Waals surface area contributed by atoms with Crippen molar-refractivity contribution in [2.45, 2.75) is 33.6 Å². The third-order valence-electron chi connectivity index (χ3n) is 3.89. The van der Waals surface area contributed by atoms with Gasteiger partial charge in [0, 0.05) is 13.1 Å². The van der Waals surface area contributed by atoms with Crippen molar-refractivity contribution >= 4 is 5.91 Å². The van der Waals surface area contributed by atoms with Crippen molar-refractivity contribution in [1.29, 1.82) is 0 Å². The second-order valence-corrected chi connectivity index (χ2v) is 5.44. The predicted molar refractivity (Wildman–Crippen MR) is 75.4 cm³/mol. The number of nitrogens with one attached hydrogen (secondary N) is 1. The van der Waals surface area contributed by atoms with E-state index in [0.29, 0.717) is 17.2 Å². The van der Waals surface area contributed by atoms with E-state index in [0.717, 1.165) is 25.4 Å². The number of furan rings is 1. The van der Waals surface area contributed by atoms with Crippen LogP contribution >= 0.6 is 0 Å². The van der Waals surface area contributed by atoms with Crippen LogP contribution in [0.4, 0.5) is 0 Å². The Hall–Kier alpha value is -1.29. The smallest absolute Gasteiger partial charge is 0.254 e. The highest BCUT2D eigenvalue weighted by Gasteiger charge is 2.20. The lowest BCUT2D eigenvalue weighted by Gasteiger charge is -2.31. The van der Waals surface area contributed by atoms with Gasteiger partial charge in [-0.1, -0.05) is 6.92 Å². The van der Waals surface area contributed by atoms with E-state index >= 15 is 0 Å². The maximum atomic E-state index is 12.1. The zero-order valence-electron chi connectivity index (χ0n) is 12.2. The molecule has 1 amide bonds. The van der Waals surface area contributed by atoms with E-state index < -0.39 is 0 Å². The van der Waals surface area contributed by atoms with Gasteiger partial charge in [0.2, 0.25) is 0 Å². The number of amides is 1. The van der Waals surface area contributed by atoms with E-state index in [1.807, 2.05) is 19.9 Å². The van der Waals surface area contributed by atoms with Crippen molar-refractivity contribution in [3.05, 3.63) is 23.2 Å². The molecule has 0 aliphatic carbocycles. The minimum atomic E-state index is -0.0111. The largest absolute Gasteiger partial charge is 0.466 e. The molecule has 1 atom stereocenters. The Labute approximate surface area is 115 Å². The summed E-state index contributed by atoms with van der Waals surface area (Å²) >= 11 is 0. The maximum Gasteiger partial charge on any atom is 0.254 e. The molecule has 4 heteroatoms. The molecule has 0 unspecified atom stereocenters. The molecule has 0 bridgehead atoms. The van der Waals surface area contributed by atoms with Crippen molar-refractivity contribution < 1.29 is 9.21 Å². The van der Waals surface area contributed by atoms with Gasteiger partial charge in [0.05, 0.1) is 5.56 Å². The summed E-state index contributed by atoms with van der Waals surface area (Å²) in [6, 6.07) is 1.81. The van der Waals surface area contributed by atoms with Crippen LogP contribution in [-0.2, 0) is 0 Å². The van der Waals surface area contributed by atoms with Crippen LogP contribution < -0.4 is 5.32 Å². The van der Waals surface area contributed by atoms with Gasteiger partial charge < -0.3 is 14.6 Å². The molecule has 4 nitrogen and oxygen atoms in total. The molecule has 2 rings (SSSR count). The topological polar surface area (TPSA) is 45.5 Å². The molecule has 1 aromatic heterocycles. The number of piperidine rings is 1. The minimum absolute atomic E-state index is 0.0111. The van der Waals surface area contributed by atoms with Gasteiger partial charge in [-0.2, -0.15) is 0 Å². The monoisotopic (exact) mass is 264 g/mol. The lowest BCUT2D eigenvalue weighted by atomic mass is 9.98. The van der Waals surface area contributed by atoms with Crippen LogP contribution in [0, 0.1) is 19.8 Å². The van der Waals surface area contributed by atoms with Gasteiger partial charge in [-0.25, -0.2) is 0 Å². The van der Waals surface area contributed by atoms with Crippen molar-refractivity contribution in [2.75, 3.05) is 26.2 Å². The molecule has 1 aromatic rings.